The van der Waals surface area contributed by atoms with E-state index in [0.29, 0.717) is 35.2 Å². The second-order valence-electron chi connectivity index (χ2n) is 7.85. The van der Waals surface area contributed by atoms with Gasteiger partial charge in [-0.3, -0.25) is 9.10 Å². The number of rotatable bonds is 11. The molecule has 10 heteroatoms. The number of hydrogen-bond acceptors (Lipinski definition) is 7. The molecule has 0 atom stereocenters. The summed E-state index contributed by atoms with van der Waals surface area (Å²) in [5.74, 6) is 0.623. The van der Waals surface area contributed by atoms with Gasteiger partial charge in [0.25, 0.3) is 15.9 Å². The Balaban J connectivity index is 1.77. The first-order chi connectivity index (χ1) is 16.2. The largest absolute Gasteiger partial charge is 0.493 e. The van der Waals surface area contributed by atoms with Crippen molar-refractivity contribution in [2.75, 3.05) is 38.7 Å². The minimum absolute atomic E-state index is 0.0829. The SMILES string of the molecule is COc1ccc(S(=O)(=O)N(C)c2ccc3sc(C(=O)NCCCOC(C)C)cc3c2)cc1OC. The zero-order valence-corrected chi connectivity index (χ0v) is 21.6. The van der Waals surface area contributed by atoms with Crippen LogP contribution in [-0.4, -0.2) is 54.8 Å². The molecule has 0 unspecified atom stereocenters. The van der Waals surface area contributed by atoms with Gasteiger partial charge in [-0.15, -0.1) is 11.3 Å². The maximum absolute atomic E-state index is 13.2. The van der Waals surface area contributed by atoms with Crippen LogP contribution in [-0.2, 0) is 14.8 Å². The molecule has 0 bridgehead atoms. The average molecular weight is 507 g/mol. The summed E-state index contributed by atoms with van der Waals surface area (Å²) in [6, 6.07) is 11.6. The zero-order chi connectivity index (χ0) is 24.9. The Kier molecular flexibility index (Phi) is 8.40. The summed E-state index contributed by atoms with van der Waals surface area (Å²) in [6.07, 6.45) is 0.902. The molecule has 1 aromatic heterocycles. The smallest absolute Gasteiger partial charge is 0.264 e. The van der Waals surface area contributed by atoms with Crippen molar-refractivity contribution >= 4 is 43.0 Å². The van der Waals surface area contributed by atoms with E-state index in [-0.39, 0.29) is 16.9 Å². The summed E-state index contributed by atoms with van der Waals surface area (Å²) in [4.78, 5) is 13.2. The van der Waals surface area contributed by atoms with Crippen LogP contribution in [0, 0.1) is 0 Å². The Hall–Kier alpha value is -2.82. The molecule has 2 aromatic carbocycles. The van der Waals surface area contributed by atoms with E-state index in [1.807, 2.05) is 19.9 Å². The van der Waals surface area contributed by atoms with Crippen molar-refractivity contribution in [3.63, 3.8) is 0 Å². The van der Waals surface area contributed by atoms with Crippen molar-refractivity contribution < 1.29 is 27.4 Å². The van der Waals surface area contributed by atoms with Crippen LogP contribution in [0.3, 0.4) is 0 Å². The number of carbonyl (C=O) groups is 1. The Morgan fingerprint density at radius 1 is 1.06 bits per heavy atom. The molecule has 184 valence electrons. The van der Waals surface area contributed by atoms with Gasteiger partial charge < -0.3 is 19.5 Å². The molecule has 0 aliphatic rings. The van der Waals surface area contributed by atoms with Gasteiger partial charge in [0, 0.05) is 31.0 Å². The van der Waals surface area contributed by atoms with Crippen molar-refractivity contribution in [3.8, 4) is 11.5 Å². The van der Waals surface area contributed by atoms with Crippen LogP contribution in [0.1, 0.15) is 29.9 Å². The molecule has 3 rings (SSSR count). The van der Waals surface area contributed by atoms with E-state index in [9.17, 15) is 13.2 Å². The van der Waals surface area contributed by atoms with Crippen molar-refractivity contribution in [2.45, 2.75) is 31.3 Å². The first-order valence-corrected chi connectivity index (χ1v) is 13.1. The van der Waals surface area contributed by atoms with E-state index in [0.717, 1.165) is 16.5 Å². The minimum Gasteiger partial charge on any atom is -0.493 e. The Morgan fingerprint density at radius 2 is 1.79 bits per heavy atom. The standard InChI is InChI=1S/C24H30N2O6S2/c1-16(2)32-12-6-11-25-24(27)23-14-17-13-18(7-10-22(17)33-23)26(3)34(28,29)19-8-9-20(30-4)21(15-19)31-5/h7-10,13-16H,6,11-12H2,1-5H3,(H,25,27). The molecule has 0 spiro atoms. The number of hydrogen-bond donors (Lipinski definition) is 1. The first-order valence-electron chi connectivity index (χ1n) is 10.8. The molecule has 1 N–H and O–H groups in total. The number of anilines is 1. The molecule has 1 amide bonds. The molecule has 0 fully saturated rings. The number of benzene rings is 2. The van der Waals surface area contributed by atoms with Gasteiger partial charge in [0.15, 0.2) is 11.5 Å². The second-order valence-corrected chi connectivity index (χ2v) is 10.9. The Labute approximate surface area is 204 Å². The quantitative estimate of drug-likeness (QED) is 0.390. The third kappa shape index (κ3) is 5.81. The number of carbonyl (C=O) groups excluding carboxylic acids is 1. The lowest BCUT2D eigenvalue weighted by molar-refractivity contribution is 0.0757. The molecule has 34 heavy (non-hydrogen) atoms. The maximum atomic E-state index is 13.2. The van der Waals surface area contributed by atoms with Gasteiger partial charge in [-0.25, -0.2) is 8.42 Å². The van der Waals surface area contributed by atoms with Crippen LogP contribution >= 0.6 is 11.3 Å². The maximum Gasteiger partial charge on any atom is 0.264 e. The van der Waals surface area contributed by atoms with Crippen molar-refractivity contribution in [3.05, 3.63) is 47.3 Å². The lowest BCUT2D eigenvalue weighted by Crippen LogP contribution is -2.26. The molecular weight excluding hydrogens is 476 g/mol. The third-order valence-corrected chi connectivity index (χ3v) is 8.05. The van der Waals surface area contributed by atoms with E-state index in [2.05, 4.69) is 5.32 Å². The number of sulfonamides is 1. The molecular formula is C24H30N2O6S2. The first kappa shape index (κ1) is 25.8. The Morgan fingerprint density at radius 3 is 2.47 bits per heavy atom. The summed E-state index contributed by atoms with van der Waals surface area (Å²) in [5.41, 5.74) is 0.484. The Bertz CT molecular complexity index is 1250. The van der Waals surface area contributed by atoms with Gasteiger partial charge in [0.2, 0.25) is 0 Å². The van der Waals surface area contributed by atoms with E-state index in [1.54, 1.807) is 24.3 Å². The summed E-state index contributed by atoms with van der Waals surface area (Å²) in [6.45, 7) is 5.06. The second kappa shape index (κ2) is 11.1. The number of amides is 1. The summed E-state index contributed by atoms with van der Waals surface area (Å²) in [5, 5.41) is 3.70. The van der Waals surface area contributed by atoms with Crippen molar-refractivity contribution in [2.24, 2.45) is 0 Å². The van der Waals surface area contributed by atoms with Gasteiger partial charge in [0.1, 0.15) is 0 Å². The number of nitrogens with one attached hydrogen (secondary N) is 1. The lowest BCUT2D eigenvalue weighted by Gasteiger charge is -2.20. The van der Waals surface area contributed by atoms with Crippen LogP contribution in [0.2, 0.25) is 0 Å². The highest BCUT2D eigenvalue weighted by atomic mass is 32.2. The van der Waals surface area contributed by atoms with Crippen LogP contribution in [0.4, 0.5) is 5.69 Å². The molecule has 8 nitrogen and oxygen atoms in total. The number of thiophene rings is 1. The average Bonchev–Trinajstić information content (AvgIpc) is 3.26. The van der Waals surface area contributed by atoms with Crippen LogP contribution in [0.15, 0.2) is 47.4 Å². The summed E-state index contributed by atoms with van der Waals surface area (Å²) >= 11 is 1.37. The van der Waals surface area contributed by atoms with Gasteiger partial charge >= 0.3 is 0 Å². The van der Waals surface area contributed by atoms with Gasteiger partial charge in [-0.2, -0.15) is 0 Å². The third-order valence-electron chi connectivity index (χ3n) is 5.16. The van der Waals surface area contributed by atoms with E-state index in [1.165, 1.54) is 49.0 Å². The highest BCUT2D eigenvalue weighted by Gasteiger charge is 2.23. The van der Waals surface area contributed by atoms with E-state index in [4.69, 9.17) is 14.2 Å². The molecule has 0 aliphatic heterocycles. The van der Waals surface area contributed by atoms with Gasteiger partial charge in [0.05, 0.1) is 35.8 Å². The lowest BCUT2D eigenvalue weighted by atomic mass is 10.2. The number of ether oxygens (including phenoxy) is 3. The predicted octanol–water partition coefficient (Wildman–Crippen LogP) is 4.29. The van der Waals surface area contributed by atoms with E-state index >= 15 is 0 Å². The number of methoxy groups -OCH3 is 2. The fourth-order valence-electron chi connectivity index (χ4n) is 3.29. The summed E-state index contributed by atoms with van der Waals surface area (Å²) < 4.78 is 44.5. The van der Waals surface area contributed by atoms with Crippen LogP contribution < -0.4 is 19.1 Å². The van der Waals surface area contributed by atoms with Gasteiger partial charge in [-0.05, 0) is 62.1 Å². The van der Waals surface area contributed by atoms with Gasteiger partial charge in [-0.1, -0.05) is 0 Å². The highest BCUT2D eigenvalue weighted by Crippen LogP contribution is 2.34. The predicted molar refractivity (Wildman–Crippen MR) is 135 cm³/mol. The van der Waals surface area contributed by atoms with Crippen molar-refractivity contribution in [1.29, 1.82) is 0 Å². The zero-order valence-electron chi connectivity index (χ0n) is 20.0. The molecule has 1 heterocycles. The van der Waals surface area contributed by atoms with Crippen LogP contribution in [0.5, 0.6) is 11.5 Å². The molecule has 0 aliphatic carbocycles. The minimum atomic E-state index is -3.84. The highest BCUT2D eigenvalue weighted by molar-refractivity contribution is 7.92. The number of nitrogens with zero attached hydrogens (tertiary/aromatic N) is 1. The normalized spacial score (nSPS) is 11.6. The van der Waals surface area contributed by atoms with E-state index < -0.39 is 10.0 Å². The summed E-state index contributed by atoms with van der Waals surface area (Å²) in [7, 11) is 0.595. The molecule has 0 radical (unpaired) electrons. The fraction of sp³-hybridized carbons (Fsp3) is 0.375. The molecule has 0 saturated carbocycles. The van der Waals surface area contributed by atoms with Crippen LogP contribution in [0.25, 0.3) is 10.1 Å². The van der Waals surface area contributed by atoms with Crippen molar-refractivity contribution in [1.82, 2.24) is 5.32 Å². The fourth-order valence-corrected chi connectivity index (χ4v) is 5.46. The molecule has 0 saturated heterocycles. The molecule has 3 aromatic rings. The monoisotopic (exact) mass is 506 g/mol. The topological polar surface area (TPSA) is 94.2 Å². The number of fused-ring (bicyclic) bond motifs is 1.